The van der Waals surface area contributed by atoms with Gasteiger partial charge in [0.15, 0.2) is 0 Å². The Labute approximate surface area is 138 Å². The highest BCUT2D eigenvalue weighted by Gasteiger charge is 2.11. The van der Waals surface area contributed by atoms with Gasteiger partial charge in [-0.05, 0) is 35.9 Å². The number of hydrogen-bond donors (Lipinski definition) is 1. The van der Waals surface area contributed by atoms with Gasteiger partial charge in [-0.25, -0.2) is 0 Å². The highest BCUT2D eigenvalue weighted by atomic mass is 35.5. The first-order valence-electron chi connectivity index (χ1n) is 7.01. The number of aryl methyl sites for hydroxylation is 1. The Morgan fingerprint density at radius 3 is 2.83 bits per heavy atom. The molecule has 0 bridgehead atoms. The van der Waals surface area contributed by atoms with Crippen LogP contribution in [0.2, 0.25) is 5.02 Å². The lowest BCUT2D eigenvalue weighted by molar-refractivity contribution is -0.117. The number of benzene rings is 2. The molecule has 0 fully saturated rings. The largest absolute Gasteiger partial charge is 0.324 e. The zero-order chi connectivity index (χ0) is 16.2. The van der Waals surface area contributed by atoms with Crippen molar-refractivity contribution >= 4 is 23.2 Å². The van der Waals surface area contributed by atoms with Gasteiger partial charge in [0.1, 0.15) is 6.54 Å². The Kier molecular flexibility index (Phi) is 4.34. The van der Waals surface area contributed by atoms with Crippen molar-refractivity contribution in [2.75, 3.05) is 5.32 Å². The Balaban J connectivity index is 1.69. The molecule has 0 aliphatic rings. The van der Waals surface area contributed by atoms with Crippen LogP contribution in [0.25, 0.3) is 11.4 Å². The molecule has 116 valence electrons. The maximum atomic E-state index is 12.0. The van der Waals surface area contributed by atoms with Gasteiger partial charge in [0, 0.05) is 16.3 Å². The van der Waals surface area contributed by atoms with E-state index in [1.54, 1.807) is 24.3 Å². The molecule has 1 heterocycles. The van der Waals surface area contributed by atoms with Crippen molar-refractivity contribution in [2.45, 2.75) is 13.5 Å². The van der Waals surface area contributed by atoms with E-state index in [2.05, 4.69) is 20.7 Å². The lowest BCUT2D eigenvalue weighted by Crippen LogP contribution is -2.20. The molecule has 6 nitrogen and oxygen atoms in total. The number of anilines is 1. The zero-order valence-corrected chi connectivity index (χ0v) is 13.2. The number of halogens is 1. The molecule has 0 aliphatic carbocycles. The van der Waals surface area contributed by atoms with E-state index in [0.717, 1.165) is 11.1 Å². The number of carbonyl (C=O) groups excluding carboxylic acids is 1. The van der Waals surface area contributed by atoms with Crippen LogP contribution in [0.15, 0.2) is 48.5 Å². The second kappa shape index (κ2) is 6.58. The highest BCUT2D eigenvalue weighted by molar-refractivity contribution is 6.30. The summed E-state index contributed by atoms with van der Waals surface area (Å²) in [7, 11) is 0. The standard InChI is InChI=1S/C16H14ClN5O/c1-11-5-2-3-8-14(11)16-19-21-22(20-16)10-15(23)18-13-7-4-6-12(17)9-13/h2-9H,10H2,1H3,(H,18,23). The Morgan fingerprint density at radius 2 is 2.04 bits per heavy atom. The van der Waals surface area contributed by atoms with E-state index < -0.39 is 0 Å². The lowest BCUT2D eigenvalue weighted by atomic mass is 10.1. The molecule has 0 saturated carbocycles. The first-order chi connectivity index (χ1) is 11.1. The van der Waals surface area contributed by atoms with Crippen LogP contribution < -0.4 is 5.32 Å². The molecular formula is C16H14ClN5O. The van der Waals surface area contributed by atoms with Gasteiger partial charge in [0.05, 0.1) is 0 Å². The molecule has 0 saturated heterocycles. The van der Waals surface area contributed by atoms with E-state index in [9.17, 15) is 4.79 Å². The van der Waals surface area contributed by atoms with Crippen LogP contribution in [-0.4, -0.2) is 26.1 Å². The summed E-state index contributed by atoms with van der Waals surface area (Å²) in [4.78, 5) is 13.3. The molecule has 23 heavy (non-hydrogen) atoms. The van der Waals surface area contributed by atoms with Crippen molar-refractivity contribution in [1.82, 2.24) is 20.2 Å². The number of aromatic nitrogens is 4. The summed E-state index contributed by atoms with van der Waals surface area (Å²) in [5.74, 6) is 0.250. The molecule has 3 aromatic rings. The number of nitrogens with one attached hydrogen (secondary N) is 1. The molecule has 7 heteroatoms. The first-order valence-corrected chi connectivity index (χ1v) is 7.39. The van der Waals surface area contributed by atoms with Crippen molar-refractivity contribution in [3.8, 4) is 11.4 Å². The predicted octanol–water partition coefficient (Wildman–Crippen LogP) is 2.94. The first kappa shape index (κ1) is 15.2. The van der Waals surface area contributed by atoms with Gasteiger partial charge in [0.25, 0.3) is 0 Å². The minimum atomic E-state index is -0.249. The molecule has 0 unspecified atom stereocenters. The van der Waals surface area contributed by atoms with Crippen LogP contribution in [0, 0.1) is 6.92 Å². The summed E-state index contributed by atoms with van der Waals surface area (Å²) in [6.07, 6.45) is 0. The van der Waals surface area contributed by atoms with Gasteiger partial charge in [-0.1, -0.05) is 41.9 Å². The Hall–Kier alpha value is -2.73. The summed E-state index contributed by atoms with van der Waals surface area (Å²) < 4.78 is 0. The van der Waals surface area contributed by atoms with E-state index >= 15 is 0 Å². The van der Waals surface area contributed by atoms with Crippen LogP contribution in [-0.2, 0) is 11.3 Å². The predicted molar refractivity (Wildman–Crippen MR) is 88.1 cm³/mol. The highest BCUT2D eigenvalue weighted by Crippen LogP contribution is 2.18. The molecule has 0 aliphatic heterocycles. The quantitative estimate of drug-likeness (QED) is 0.799. The molecule has 1 N–H and O–H groups in total. The maximum absolute atomic E-state index is 12.0. The van der Waals surface area contributed by atoms with Crippen LogP contribution in [0.4, 0.5) is 5.69 Å². The van der Waals surface area contributed by atoms with Crippen molar-refractivity contribution in [1.29, 1.82) is 0 Å². The van der Waals surface area contributed by atoms with Crippen LogP contribution in [0.5, 0.6) is 0 Å². The third kappa shape index (κ3) is 3.73. The fourth-order valence-corrected chi connectivity index (χ4v) is 2.33. The van der Waals surface area contributed by atoms with Crippen molar-refractivity contribution in [2.24, 2.45) is 0 Å². The van der Waals surface area contributed by atoms with Crippen LogP contribution >= 0.6 is 11.6 Å². The third-order valence-corrected chi connectivity index (χ3v) is 3.47. The minimum Gasteiger partial charge on any atom is -0.324 e. The number of nitrogens with zero attached hydrogens (tertiary/aromatic N) is 4. The summed E-state index contributed by atoms with van der Waals surface area (Å²) in [5, 5.41) is 15.5. The molecule has 1 aromatic heterocycles. The van der Waals surface area contributed by atoms with Crippen molar-refractivity contribution < 1.29 is 4.79 Å². The van der Waals surface area contributed by atoms with E-state index in [4.69, 9.17) is 11.6 Å². The average molecular weight is 328 g/mol. The molecule has 0 spiro atoms. The Bertz CT molecular complexity index is 846. The number of tetrazole rings is 1. The second-order valence-corrected chi connectivity index (χ2v) is 5.45. The molecule has 1 amide bonds. The Morgan fingerprint density at radius 1 is 1.22 bits per heavy atom. The number of carbonyl (C=O) groups is 1. The molecule has 3 rings (SSSR count). The SMILES string of the molecule is Cc1ccccc1-c1nnn(CC(=O)Nc2cccc(Cl)c2)n1. The van der Waals surface area contributed by atoms with Crippen LogP contribution in [0.3, 0.4) is 0 Å². The smallest absolute Gasteiger partial charge is 0.248 e. The minimum absolute atomic E-state index is 0.0224. The average Bonchev–Trinajstić information content (AvgIpc) is 2.95. The summed E-state index contributed by atoms with van der Waals surface area (Å²) >= 11 is 5.88. The van der Waals surface area contributed by atoms with E-state index in [-0.39, 0.29) is 12.5 Å². The zero-order valence-electron chi connectivity index (χ0n) is 12.4. The molecule has 2 aromatic carbocycles. The van der Waals surface area contributed by atoms with Gasteiger partial charge in [-0.15, -0.1) is 10.2 Å². The van der Waals surface area contributed by atoms with Gasteiger partial charge in [0.2, 0.25) is 11.7 Å². The van der Waals surface area contributed by atoms with E-state index in [1.165, 1.54) is 4.80 Å². The molecule has 0 atom stereocenters. The van der Waals surface area contributed by atoms with Gasteiger partial charge in [-0.3, -0.25) is 4.79 Å². The van der Waals surface area contributed by atoms with Gasteiger partial charge >= 0.3 is 0 Å². The van der Waals surface area contributed by atoms with Gasteiger partial charge < -0.3 is 5.32 Å². The monoisotopic (exact) mass is 327 g/mol. The summed E-state index contributed by atoms with van der Waals surface area (Å²) in [5.41, 5.74) is 2.58. The molecule has 0 radical (unpaired) electrons. The van der Waals surface area contributed by atoms with Crippen molar-refractivity contribution in [3.63, 3.8) is 0 Å². The van der Waals surface area contributed by atoms with E-state index in [0.29, 0.717) is 16.5 Å². The van der Waals surface area contributed by atoms with Gasteiger partial charge in [-0.2, -0.15) is 4.80 Å². The maximum Gasteiger partial charge on any atom is 0.248 e. The van der Waals surface area contributed by atoms with Crippen LogP contribution in [0.1, 0.15) is 5.56 Å². The number of hydrogen-bond acceptors (Lipinski definition) is 4. The number of rotatable bonds is 4. The lowest BCUT2D eigenvalue weighted by Gasteiger charge is -2.04. The summed E-state index contributed by atoms with van der Waals surface area (Å²) in [6, 6.07) is 14.7. The third-order valence-electron chi connectivity index (χ3n) is 3.23. The fourth-order valence-electron chi connectivity index (χ4n) is 2.14. The topological polar surface area (TPSA) is 72.7 Å². The summed E-state index contributed by atoms with van der Waals surface area (Å²) in [6.45, 7) is 1.95. The number of amides is 1. The second-order valence-electron chi connectivity index (χ2n) is 5.02. The van der Waals surface area contributed by atoms with Crippen molar-refractivity contribution in [3.05, 3.63) is 59.1 Å². The normalized spacial score (nSPS) is 10.5. The fraction of sp³-hybridized carbons (Fsp3) is 0.125. The van der Waals surface area contributed by atoms with E-state index in [1.807, 2.05) is 31.2 Å². The molecular weight excluding hydrogens is 314 g/mol.